The van der Waals surface area contributed by atoms with Crippen LogP contribution < -0.4 is 23.8 Å². The van der Waals surface area contributed by atoms with Crippen molar-refractivity contribution >= 4 is 27.3 Å². The van der Waals surface area contributed by atoms with Crippen molar-refractivity contribution < 1.29 is 27.4 Å². The summed E-state index contributed by atoms with van der Waals surface area (Å²) in [4.78, 5) is 12.3. The van der Waals surface area contributed by atoms with Gasteiger partial charge in [-0.1, -0.05) is 12.1 Å². The summed E-state index contributed by atoms with van der Waals surface area (Å²) in [5.74, 6) is 1.39. The van der Waals surface area contributed by atoms with Crippen molar-refractivity contribution in [3.63, 3.8) is 0 Å². The molecule has 9 heteroatoms. The fourth-order valence-corrected chi connectivity index (χ4v) is 4.98. The summed E-state index contributed by atoms with van der Waals surface area (Å²) < 4.78 is 44.2. The molecule has 8 nitrogen and oxygen atoms in total. The molecule has 172 valence electrons. The highest BCUT2D eigenvalue weighted by molar-refractivity contribution is 7.92. The molecule has 1 aliphatic heterocycles. The van der Waals surface area contributed by atoms with Crippen molar-refractivity contribution in [1.29, 1.82) is 0 Å². The zero-order valence-electron chi connectivity index (χ0n) is 18.2. The van der Waals surface area contributed by atoms with E-state index in [1.807, 2.05) is 6.92 Å². The minimum atomic E-state index is -3.80. The van der Waals surface area contributed by atoms with Gasteiger partial charge in [0.05, 0.1) is 24.2 Å². The fraction of sp³-hybridized carbons (Fsp3) is 0.208. The number of nitrogens with one attached hydrogen (secondary N) is 1. The Kier molecular flexibility index (Phi) is 6.41. The molecule has 0 aromatic heterocycles. The van der Waals surface area contributed by atoms with Crippen LogP contribution in [0.25, 0.3) is 0 Å². The number of sulfonamides is 1. The number of fused-ring (bicyclic) bond motifs is 1. The van der Waals surface area contributed by atoms with E-state index < -0.39 is 10.0 Å². The number of hydrogen-bond donors (Lipinski definition) is 1. The first-order valence-electron chi connectivity index (χ1n) is 10.3. The van der Waals surface area contributed by atoms with Crippen LogP contribution in [0.5, 0.6) is 17.2 Å². The minimum Gasteiger partial charge on any atom is -0.497 e. The van der Waals surface area contributed by atoms with Gasteiger partial charge in [-0.15, -0.1) is 0 Å². The second kappa shape index (κ2) is 9.41. The number of para-hydroxylation sites is 2. The number of hydrogen-bond acceptors (Lipinski definition) is 6. The van der Waals surface area contributed by atoms with Gasteiger partial charge in [-0.05, 0) is 67.6 Å². The van der Waals surface area contributed by atoms with Gasteiger partial charge in [-0.3, -0.25) is 9.10 Å². The third kappa shape index (κ3) is 5.04. The van der Waals surface area contributed by atoms with Crippen LogP contribution in [0.15, 0.2) is 77.7 Å². The van der Waals surface area contributed by atoms with Crippen LogP contribution in [-0.4, -0.2) is 40.7 Å². The van der Waals surface area contributed by atoms with E-state index in [4.69, 9.17) is 14.2 Å². The molecule has 1 heterocycles. The largest absolute Gasteiger partial charge is 0.497 e. The highest BCUT2D eigenvalue weighted by Gasteiger charge is 2.32. The first-order chi connectivity index (χ1) is 15.9. The number of amides is 1. The van der Waals surface area contributed by atoms with E-state index in [0.29, 0.717) is 28.6 Å². The Morgan fingerprint density at radius 3 is 2.39 bits per heavy atom. The molecule has 0 spiro atoms. The van der Waals surface area contributed by atoms with E-state index in [0.717, 1.165) is 0 Å². The Morgan fingerprint density at radius 1 is 1.03 bits per heavy atom. The molecule has 0 fully saturated rings. The Bertz CT molecular complexity index is 1230. The summed E-state index contributed by atoms with van der Waals surface area (Å²) in [5, 5.41) is 2.70. The van der Waals surface area contributed by atoms with Crippen LogP contribution in [0, 0.1) is 0 Å². The highest BCUT2D eigenvalue weighted by atomic mass is 32.2. The molecule has 33 heavy (non-hydrogen) atoms. The summed E-state index contributed by atoms with van der Waals surface area (Å²) in [7, 11) is -2.23. The quantitative estimate of drug-likeness (QED) is 0.568. The second-order valence-electron chi connectivity index (χ2n) is 7.47. The summed E-state index contributed by atoms with van der Waals surface area (Å²) in [5.41, 5.74) is 0.969. The van der Waals surface area contributed by atoms with Crippen molar-refractivity contribution in [3.05, 3.63) is 72.8 Å². The Hall–Kier alpha value is -3.72. The molecule has 3 aromatic rings. The van der Waals surface area contributed by atoms with Crippen LogP contribution in [0.3, 0.4) is 0 Å². The van der Waals surface area contributed by atoms with Gasteiger partial charge in [0.25, 0.3) is 15.9 Å². The van der Waals surface area contributed by atoms with Gasteiger partial charge >= 0.3 is 0 Å². The third-order valence-corrected chi connectivity index (χ3v) is 6.83. The summed E-state index contributed by atoms with van der Waals surface area (Å²) in [6.45, 7) is 1.85. The number of benzene rings is 3. The molecular formula is C24H24N2O6S. The summed E-state index contributed by atoms with van der Waals surface area (Å²) >= 11 is 0. The van der Waals surface area contributed by atoms with Gasteiger partial charge in [0.1, 0.15) is 23.4 Å². The summed E-state index contributed by atoms with van der Waals surface area (Å²) in [6.07, 6.45) is -0.279. The number of carbonyl (C=O) groups excluding carboxylic acids is 1. The van der Waals surface area contributed by atoms with Crippen molar-refractivity contribution in [2.24, 2.45) is 0 Å². The predicted molar refractivity (Wildman–Crippen MR) is 125 cm³/mol. The first kappa shape index (κ1) is 22.5. The van der Waals surface area contributed by atoms with Crippen LogP contribution in [0.2, 0.25) is 0 Å². The average molecular weight is 469 g/mol. The van der Waals surface area contributed by atoms with E-state index in [-0.39, 0.29) is 30.1 Å². The van der Waals surface area contributed by atoms with Gasteiger partial charge in [0, 0.05) is 5.69 Å². The standard InChI is InChI=1S/C24H24N2O6S/c1-17-15-26(22-5-3-4-6-23(22)32-17)33(28,29)21-13-7-18(8-14-21)25-24(27)16-31-20-11-9-19(30-2)10-12-20/h3-14,17H,15-16H2,1-2H3,(H,25,27)/t17-/m1/s1. The van der Waals surface area contributed by atoms with Gasteiger partial charge in [0.15, 0.2) is 6.61 Å². The van der Waals surface area contributed by atoms with Gasteiger partial charge in [-0.2, -0.15) is 0 Å². The monoisotopic (exact) mass is 468 g/mol. The SMILES string of the molecule is COc1ccc(OCC(=O)Nc2ccc(S(=O)(=O)N3C[C@@H](C)Oc4ccccc43)cc2)cc1. The van der Waals surface area contributed by atoms with E-state index in [1.165, 1.54) is 16.4 Å². The van der Waals surface area contributed by atoms with Crippen LogP contribution in [0.4, 0.5) is 11.4 Å². The van der Waals surface area contributed by atoms with Gasteiger partial charge in [0.2, 0.25) is 0 Å². The fourth-order valence-electron chi connectivity index (χ4n) is 3.43. The summed E-state index contributed by atoms with van der Waals surface area (Å²) in [6, 6.07) is 20.0. The lowest BCUT2D eigenvalue weighted by Crippen LogP contribution is -2.42. The maximum Gasteiger partial charge on any atom is 0.264 e. The maximum absolute atomic E-state index is 13.3. The number of ether oxygens (including phenoxy) is 3. The molecule has 3 aromatic carbocycles. The molecule has 0 bridgehead atoms. The maximum atomic E-state index is 13.3. The Labute approximate surface area is 192 Å². The van der Waals surface area contributed by atoms with Crippen molar-refractivity contribution in [3.8, 4) is 17.2 Å². The molecule has 0 unspecified atom stereocenters. The number of carbonyl (C=O) groups is 1. The van der Waals surface area contributed by atoms with Crippen LogP contribution >= 0.6 is 0 Å². The minimum absolute atomic E-state index is 0.124. The van der Waals surface area contributed by atoms with Gasteiger partial charge < -0.3 is 19.5 Å². The first-order valence-corrected chi connectivity index (χ1v) is 11.8. The topological polar surface area (TPSA) is 94.2 Å². The van der Waals surface area contributed by atoms with E-state index in [9.17, 15) is 13.2 Å². The molecule has 1 atom stereocenters. The highest BCUT2D eigenvalue weighted by Crippen LogP contribution is 2.36. The van der Waals surface area contributed by atoms with E-state index >= 15 is 0 Å². The van der Waals surface area contributed by atoms with E-state index in [2.05, 4.69) is 5.32 Å². The molecule has 1 amide bonds. The molecule has 0 saturated heterocycles. The molecule has 1 N–H and O–H groups in total. The normalized spacial score (nSPS) is 15.2. The Morgan fingerprint density at radius 2 is 1.70 bits per heavy atom. The smallest absolute Gasteiger partial charge is 0.264 e. The zero-order chi connectivity index (χ0) is 23.4. The van der Waals surface area contributed by atoms with Crippen molar-refractivity contribution in [1.82, 2.24) is 0 Å². The molecule has 0 saturated carbocycles. The zero-order valence-corrected chi connectivity index (χ0v) is 19.0. The average Bonchev–Trinajstić information content (AvgIpc) is 2.83. The molecule has 0 aliphatic carbocycles. The molecule has 1 aliphatic rings. The lowest BCUT2D eigenvalue weighted by molar-refractivity contribution is -0.118. The van der Waals surface area contributed by atoms with E-state index in [1.54, 1.807) is 67.8 Å². The van der Waals surface area contributed by atoms with Crippen molar-refractivity contribution in [2.45, 2.75) is 17.9 Å². The molecule has 4 rings (SSSR count). The number of anilines is 2. The number of nitrogens with zero attached hydrogens (tertiary/aromatic N) is 1. The lowest BCUT2D eigenvalue weighted by Gasteiger charge is -2.34. The Balaban J connectivity index is 1.42. The number of methoxy groups -OCH3 is 1. The van der Waals surface area contributed by atoms with Crippen LogP contribution in [0.1, 0.15) is 6.92 Å². The van der Waals surface area contributed by atoms with Gasteiger partial charge in [-0.25, -0.2) is 8.42 Å². The van der Waals surface area contributed by atoms with Crippen LogP contribution in [-0.2, 0) is 14.8 Å². The predicted octanol–water partition coefficient (Wildman–Crippen LogP) is 3.69. The molecule has 0 radical (unpaired) electrons. The molecular weight excluding hydrogens is 444 g/mol. The third-order valence-electron chi connectivity index (χ3n) is 5.04. The number of rotatable bonds is 7. The second-order valence-corrected chi connectivity index (χ2v) is 9.33. The van der Waals surface area contributed by atoms with Crippen molar-refractivity contribution in [2.75, 3.05) is 29.9 Å². The lowest BCUT2D eigenvalue weighted by atomic mass is 10.2.